The minimum Gasteiger partial charge on any atom is -0.332 e. The minimum atomic E-state index is -0.390. The molecule has 0 unspecified atom stereocenters. The van der Waals surface area contributed by atoms with E-state index in [4.69, 9.17) is 23.2 Å². The molecule has 6 nitrogen and oxygen atoms in total. The lowest BCUT2D eigenvalue weighted by atomic mass is 10.2. The number of hydrogen-bond donors (Lipinski definition) is 1. The number of aromatic nitrogens is 2. The predicted molar refractivity (Wildman–Crippen MR) is 110 cm³/mol. The Kier molecular flexibility index (Phi) is 6.02. The number of anilines is 1. The maximum Gasteiger partial charge on any atom is 0.259 e. The maximum absolute atomic E-state index is 12.9. The van der Waals surface area contributed by atoms with Crippen molar-refractivity contribution < 1.29 is 9.59 Å². The van der Waals surface area contributed by atoms with Gasteiger partial charge in [-0.15, -0.1) is 0 Å². The molecule has 0 aliphatic carbocycles. The second kappa shape index (κ2) is 8.46. The van der Waals surface area contributed by atoms with Gasteiger partial charge in [0, 0.05) is 7.05 Å². The molecule has 0 fully saturated rings. The molecule has 0 aliphatic heterocycles. The first-order chi connectivity index (χ1) is 13.4. The molecule has 0 spiro atoms. The molecular formula is C20H18Cl2N4O2. The first-order valence-electron chi connectivity index (χ1n) is 8.49. The van der Waals surface area contributed by atoms with Gasteiger partial charge in [-0.2, -0.15) is 5.10 Å². The van der Waals surface area contributed by atoms with E-state index in [1.807, 2.05) is 30.3 Å². The number of nitrogens with one attached hydrogen (secondary N) is 1. The molecule has 2 amide bonds. The molecule has 0 aliphatic rings. The molecule has 0 saturated heterocycles. The van der Waals surface area contributed by atoms with Gasteiger partial charge in [0.15, 0.2) is 0 Å². The number of nitrogens with zero attached hydrogens (tertiary/aromatic N) is 3. The summed E-state index contributed by atoms with van der Waals surface area (Å²) in [6.45, 7) is 1.55. The van der Waals surface area contributed by atoms with Crippen molar-refractivity contribution in [3.05, 3.63) is 76.0 Å². The highest BCUT2D eigenvalue weighted by molar-refractivity contribution is 6.34. The summed E-state index contributed by atoms with van der Waals surface area (Å²) in [5.74, 6) is -0.757. The topological polar surface area (TPSA) is 67.2 Å². The SMILES string of the molecule is Cc1nn(-c2ccccc2)c(Cl)c1C(=O)N(C)CC(=O)Nc1ccccc1Cl. The van der Waals surface area contributed by atoms with Gasteiger partial charge in [-0.25, -0.2) is 4.68 Å². The summed E-state index contributed by atoms with van der Waals surface area (Å²) in [5, 5.41) is 7.68. The standard InChI is InChI=1S/C20H18Cl2N4O2/c1-13-18(19(22)26(24-13)14-8-4-3-5-9-14)20(28)25(2)12-17(27)23-16-11-7-6-10-15(16)21/h3-11H,12H2,1-2H3,(H,23,27). The normalized spacial score (nSPS) is 10.6. The fraction of sp³-hybridized carbons (Fsp3) is 0.150. The van der Waals surface area contributed by atoms with E-state index in [1.165, 1.54) is 16.6 Å². The van der Waals surface area contributed by atoms with Crippen LogP contribution in [-0.4, -0.2) is 40.1 Å². The van der Waals surface area contributed by atoms with Crippen LogP contribution in [0.2, 0.25) is 10.2 Å². The molecule has 0 saturated carbocycles. The lowest BCUT2D eigenvalue weighted by Gasteiger charge is -2.17. The van der Waals surface area contributed by atoms with Gasteiger partial charge in [0.05, 0.1) is 34.2 Å². The van der Waals surface area contributed by atoms with Crippen LogP contribution >= 0.6 is 23.2 Å². The second-order valence-electron chi connectivity index (χ2n) is 6.19. The molecule has 28 heavy (non-hydrogen) atoms. The second-order valence-corrected chi connectivity index (χ2v) is 6.95. The number of aryl methyl sites for hydroxylation is 1. The Labute approximate surface area is 172 Å². The van der Waals surface area contributed by atoms with Crippen LogP contribution in [0.4, 0.5) is 5.69 Å². The number of carbonyl (C=O) groups is 2. The first kappa shape index (κ1) is 19.9. The number of rotatable bonds is 5. The lowest BCUT2D eigenvalue weighted by molar-refractivity contribution is -0.116. The van der Waals surface area contributed by atoms with Crippen molar-refractivity contribution in [2.24, 2.45) is 0 Å². The quantitative estimate of drug-likeness (QED) is 0.677. The van der Waals surface area contributed by atoms with Crippen LogP contribution in [0.1, 0.15) is 16.1 Å². The van der Waals surface area contributed by atoms with Gasteiger partial charge in [-0.1, -0.05) is 53.5 Å². The van der Waals surface area contributed by atoms with E-state index in [0.29, 0.717) is 16.4 Å². The fourth-order valence-electron chi connectivity index (χ4n) is 2.71. The van der Waals surface area contributed by atoms with Crippen molar-refractivity contribution in [2.75, 3.05) is 18.9 Å². The highest BCUT2D eigenvalue weighted by Crippen LogP contribution is 2.25. The third kappa shape index (κ3) is 4.18. The summed E-state index contributed by atoms with van der Waals surface area (Å²) in [5.41, 5.74) is 1.98. The van der Waals surface area contributed by atoms with E-state index in [0.717, 1.165) is 5.69 Å². The summed E-state index contributed by atoms with van der Waals surface area (Å²) in [6.07, 6.45) is 0. The van der Waals surface area contributed by atoms with Crippen LogP contribution in [0.5, 0.6) is 0 Å². The zero-order valence-corrected chi connectivity index (χ0v) is 16.8. The van der Waals surface area contributed by atoms with E-state index < -0.39 is 0 Å². The average Bonchev–Trinajstić information content (AvgIpc) is 2.98. The number of para-hydroxylation sites is 2. The van der Waals surface area contributed by atoms with Gasteiger partial charge in [0.1, 0.15) is 5.15 Å². The van der Waals surface area contributed by atoms with Crippen molar-refractivity contribution in [3.63, 3.8) is 0 Å². The Bertz CT molecular complexity index is 1020. The highest BCUT2D eigenvalue weighted by atomic mass is 35.5. The molecule has 3 aromatic rings. The third-order valence-electron chi connectivity index (χ3n) is 4.09. The van der Waals surface area contributed by atoms with Crippen LogP contribution in [0, 0.1) is 6.92 Å². The zero-order valence-electron chi connectivity index (χ0n) is 15.3. The van der Waals surface area contributed by atoms with Crippen LogP contribution in [0.3, 0.4) is 0 Å². The number of benzene rings is 2. The molecule has 0 bridgehead atoms. The number of hydrogen-bond acceptors (Lipinski definition) is 3. The molecule has 8 heteroatoms. The molecule has 0 radical (unpaired) electrons. The molecule has 1 N–H and O–H groups in total. The third-order valence-corrected chi connectivity index (χ3v) is 4.77. The van der Waals surface area contributed by atoms with Gasteiger partial charge < -0.3 is 10.2 Å². The van der Waals surface area contributed by atoms with E-state index >= 15 is 0 Å². The van der Waals surface area contributed by atoms with Crippen molar-refractivity contribution in [1.82, 2.24) is 14.7 Å². The van der Waals surface area contributed by atoms with Gasteiger partial charge >= 0.3 is 0 Å². The van der Waals surface area contributed by atoms with Crippen molar-refractivity contribution >= 4 is 40.7 Å². The molecule has 144 valence electrons. The Morgan fingerprint density at radius 2 is 1.71 bits per heavy atom. The average molecular weight is 417 g/mol. The Hall–Kier alpha value is -2.83. The molecule has 1 aromatic heterocycles. The monoisotopic (exact) mass is 416 g/mol. The van der Waals surface area contributed by atoms with Gasteiger partial charge in [0.25, 0.3) is 5.91 Å². The van der Waals surface area contributed by atoms with Crippen molar-refractivity contribution in [3.8, 4) is 5.69 Å². The van der Waals surface area contributed by atoms with Gasteiger partial charge in [0.2, 0.25) is 5.91 Å². The summed E-state index contributed by atoms with van der Waals surface area (Å²) < 4.78 is 1.50. The largest absolute Gasteiger partial charge is 0.332 e. The minimum absolute atomic E-state index is 0.156. The maximum atomic E-state index is 12.9. The number of likely N-dealkylation sites (N-methyl/N-ethyl adjacent to an activating group) is 1. The fourth-order valence-corrected chi connectivity index (χ4v) is 3.25. The van der Waals surface area contributed by atoms with Gasteiger partial charge in [-0.3, -0.25) is 9.59 Å². The molecule has 1 heterocycles. The van der Waals surface area contributed by atoms with E-state index in [1.54, 1.807) is 31.2 Å². The van der Waals surface area contributed by atoms with Crippen molar-refractivity contribution in [2.45, 2.75) is 6.92 Å². The van der Waals surface area contributed by atoms with E-state index in [2.05, 4.69) is 10.4 Å². The number of amides is 2. The molecule has 3 rings (SSSR count). The molecule has 2 aromatic carbocycles. The summed E-state index contributed by atoms with van der Waals surface area (Å²) in [4.78, 5) is 26.4. The Balaban J connectivity index is 1.76. The number of carbonyl (C=O) groups excluding carboxylic acids is 2. The lowest BCUT2D eigenvalue weighted by Crippen LogP contribution is -2.35. The van der Waals surface area contributed by atoms with Crippen LogP contribution in [-0.2, 0) is 4.79 Å². The van der Waals surface area contributed by atoms with Gasteiger partial charge in [-0.05, 0) is 31.2 Å². The van der Waals surface area contributed by atoms with E-state index in [-0.39, 0.29) is 29.1 Å². The number of halogens is 2. The Morgan fingerprint density at radius 3 is 2.39 bits per heavy atom. The van der Waals surface area contributed by atoms with Crippen LogP contribution in [0.25, 0.3) is 5.69 Å². The first-order valence-corrected chi connectivity index (χ1v) is 9.24. The predicted octanol–water partition coefficient (Wildman–Crippen LogP) is 4.20. The summed E-state index contributed by atoms with van der Waals surface area (Å²) >= 11 is 12.5. The smallest absolute Gasteiger partial charge is 0.259 e. The van der Waals surface area contributed by atoms with Crippen LogP contribution in [0.15, 0.2) is 54.6 Å². The summed E-state index contributed by atoms with van der Waals surface area (Å²) in [7, 11) is 1.53. The zero-order chi connectivity index (χ0) is 20.3. The van der Waals surface area contributed by atoms with Crippen LogP contribution < -0.4 is 5.32 Å². The van der Waals surface area contributed by atoms with Crippen molar-refractivity contribution in [1.29, 1.82) is 0 Å². The Morgan fingerprint density at radius 1 is 1.07 bits per heavy atom. The summed E-state index contributed by atoms with van der Waals surface area (Å²) in [6, 6.07) is 16.2. The molecular weight excluding hydrogens is 399 g/mol. The highest BCUT2D eigenvalue weighted by Gasteiger charge is 2.25. The molecule has 0 atom stereocenters. The van der Waals surface area contributed by atoms with E-state index in [9.17, 15) is 9.59 Å².